The highest BCUT2D eigenvalue weighted by atomic mass is 32.1. The van der Waals surface area contributed by atoms with Crippen molar-refractivity contribution in [2.45, 2.75) is 20.5 Å². The number of benzene rings is 1. The van der Waals surface area contributed by atoms with Gasteiger partial charge in [0, 0.05) is 11.9 Å². The van der Waals surface area contributed by atoms with Gasteiger partial charge in [0.05, 0.1) is 16.0 Å². The highest BCUT2D eigenvalue weighted by Gasteiger charge is 2.12. The molecule has 5 heteroatoms. The SMILES string of the molecule is Cc1cc(C)c(C(=O)OCc2cncs2)cc1N. The van der Waals surface area contributed by atoms with E-state index in [0.29, 0.717) is 11.3 Å². The summed E-state index contributed by atoms with van der Waals surface area (Å²) in [6, 6.07) is 3.55. The predicted octanol–water partition coefficient (Wildman–Crippen LogP) is 2.70. The van der Waals surface area contributed by atoms with Crippen molar-refractivity contribution < 1.29 is 9.53 Å². The van der Waals surface area contributed by atoms with Crippen LogP contribution >= 0.6 is 11.3 Å². The molecule has 0 spiro atoms. The Morgan fingerprint density at radius 2 is 2.17 bits per heavy atom. The average Bonchev–Trinajstić information content (AvgIpc) is 2.84. The van der Waals surface area contributed by atoms with Gasteiger partial charge >= 0.3 is 5.97 Å². The van der Waals surface area contributed by atoms with Crippen LogP contribution in [0.2, 0.25) is 0 Å². The van der Waals surface area contributed by atoms with Gasteiger partial charge in [-0.15, -0.1) is 11.3 Å². The van der Waals surface area contributed by atoms with Gasteiger partial charge in [-0.3, -0.25) is 4.98 Å². The number of hydrogen-bond acceptors (Lipinski definition) is 5. The zero-order chi connectivity index (χ0) is 13.1. The number of carbonyl (C=O) groups excluding carboxylic acids is 1. The lowest BCUT2D eigenvalue weighted by molar-refractivity contribution is 0.0476. The number of thiazole rings is 1. The van der Waals surface area contributed by atoms with Crippen LogP contribution in [0.1, 0.15) is 26.4 Å². The third-order valence-corrected chi connectivity index (χ3v) is 3.42. The number of nitrogens with zero attached hydrogens (tertiary/aromatic N) is 1. The normalized spacial score (nSPS) is 10.3. The van der Waals surface area contributed by atoms with Crippen LogP contribution in [0.15, 0.2) is 23.8 Å². The van der Waals surface area contributed by atoms with Crippen LogP contribution in [0.3, 0.4) is 0 Å². The van der Waals surface area contributed by atoms with E-state index < -0.39 is 0 Å². The molecule has 0 unspecified atom stereocenters. The second-order valence-electron chi connectivity index (χ2n) is 4.07. The molecule has 2 N–H and O–H groups in total. The summed E-state index contributed by atoms with van der Waals surface area (Å²) >= 11 is 1.46. The summed E-state index contributed by atoms with van der Waals surface area (Å²) < 4.78 is 5.22. The van der Waals surface area contributed by atoms with Crippen molar-refractivity contribution in [3.8, 4) is 0 Å². The van der Waals surface area contributed by atoms with E-state index in [4.69, 9.17) is 10.5 Å². The fourth-order valence-corrected chi connectivity index (χ4v) is 2.12. The Balaban J connectivity index is 2.11. The molecule has 4 nitrogen and oxygen atoms in total. The monoisotopic (exact) mass is 262 g/mol. The first-order valence-corrected chi connectivity index (χ1v) is 6.37. The minimum Gasteiger partial charge on any atom is -0.456 e. The van der Waals surface area contributed by atoms with Gasteiger partial charge in [-0.25, -0.2) is 4.79 Å². The molecular formula is C13H14N2O2S. The Labute approximate surface area is 109 Å². The maximum atomic E-state index is 11.9. The summed E-state index contributed by atoms with van der Waals surface area (Å²) in [5.74, 6) is -0.354. The topological polar surface area (TPSA) is 65.2 Å². The second kappa shape index (κ2) is 5.18. The molecule has 0 saturated heterocycles. The van der Waals surface area contributed by atoms with E-state index in [1.54, 1.807) is 17.8 Å². The molecule has 2 rings (SSSR count). The maximum Gasteiger partial charge on any atom is 0.338 e. The van der Waals surface area contributed by atoms with E-state index in [1.165, 1.54) is 11.3 Å². The van der Waals surface area contributed by atoms with E-state index in [2.05, 4.69) is 4.98 Å². The summed E-state index contributed by atoms with van der Waals surface area (Å²) in [4.78, 5) is 16.8. The molecule has 0 aliphatic heterocycles. The molecule has 2 aromatic rings. The van der Waals surface area contributed by atoms with Gasteiger partial charge in [0.25, 0.3) is 0 Å². The molecule has 1 aromatic heterocycles. The number of carbonyl (C=O) groups is 1. The number of aryl methyl sites for hydroxylation is 2. The third kappa shape index (κ3) is 2.68. The van der Waals surface area contributed by atoms with Gasteiger partial charge in [0.1, 0.15) is 6.61 Å². The first-order chi connectivity index (χ1) is 8.58. The maximum absolute atomic E-state index is 11.9. The van der Waals surface area contributed by atoms with E-state index in [1.807, 2.05) is 19.9 Å². The average molecular weight is 262 g/mol. The molecule has 0 saturated carbocycles. The summed E-state index contributed by atoms with van der Waals surface area (Å²) in [6.07, 6.45) is 1.69. The molecular weight excluding hydrogens is 248 g/mol. The quantitative estimate of drug-likeness (QED) is 0.682. The lowest BCUT2D eigenvalue weighted by Gasteiger charge is -2.09. The van der Waals surface area contributed by atoms with Crippen molar-refractivity contribution in [1.82, 2.24) is 4.98 Å². The molecule has 0 aliphatic carbocycles. The van der Waals surface area contributed by atoms with Gasteiger partial charge in [-0.05, 0) is 31.0 Å². The van der Waals surface area contributed by atoms with E-state index in [0.717, 1.165) is 16.0 Å². The Morgan fingerprint density at radius 3 is 2.83 bits per heavy atom. The van der Waals surface area contributed by atoms with Gasteiger partial charge in [0.2, 0.25) is 0 Å². The Hall–Kier alpha value is -1.88. The fraction of sp³-hybridized carbons (Fsp3) is 0.231. The fourth-order valence-electron chi connectivity index (χ4n) is 1.62. The number of nitrogens with two attached hydrogens (primary N) is 1. The molecule has 94 valence electrons. The van der Waals surface area contributed by atoms with Gasteiger partial charge in [-0.2, -0.15) is 0 Å². The summed E-state index contributed by atoms with van der Waals surface area (Å²) in [5, 5.41) is 0. The van der Waals surface area contributed by atoms with Crippen molar-refractivity contribution in [3.63, 3.8) is 0 Å². The first-order valence-electron chi connectivity index (χ1n) is 5.49. The molecule has 0 amide bonds. The zero-order valence-corrected chi connectivity index (χ0v) is 11.1. The number of rotatable bonds is 3. The van der Waals surface area contributed by atoms with Crippen LogP contribution < -0.4 is 5.73 Å². The van der Waals surface area contributed by atoms with Crippen LogP contribution in [0, 0.1) is 13.8 Å². The number of nitrogen functional groups attached to an aromatic ring is 1. The van der Waals surface area contributed by atoms with Gasteiger partial charge < -0.3 is 10.5 Å². The van der Waals surface area contributed by atoms with Crippen molar-refractivity contribution >= 4 is 23.0 Å². The zero-order valence-electron chi connectivity index (χ0n) is 10.3. The van der Waals surface area contributed by atoms with Gasteiger partial charge in [-0.1, -0.05) is 6.07 Å². The molecule has 1 aromatic carbocycles. The Bertz CT molecular complexity index is 565. The highest BCUT2D eigenvalue weighted by Crippen LogP contribution is 2.19. The molecule has 0 bridgehead atoms. The Morgan fingerprint density at radius 1 is 1.39 bits per heavy atom. The summed E-state index contributed by atoms with van der Waals surface area (Å²) in [5.41, 5.74) is 10.5. The summed E-state index contributed by atoms with van der Waals surface area (Å²) in [7, 11) is 0. The van der Waals surface area contributed by atoms with Crippen molar-refractivity contribution in [2.24, 2.45) is 0 Å². The molecule has 18 heavy (non-hydrogen) atoms. The van der Waals surface area contributed by atoms with Crippen molar-refractivity contribution in [3.05, 3.63) is 45.4 Å². The molecule has 0 atom stereocenters. The standard InChI is InChI=1S/C13H14N2O2S/c1-8-3-9(2)12(14)4-11(8)13(16)17-6-10-5-15-7-18-10/h3-5,7H,6,14H2,1-2H3. The Kier molecular flexibility index (Phi) is 3.62. The van der Waals surface area contributed by atoms with E-state index >= 15 is 0 Å². The molecule has 0 aliphatic rings. The molecule has 0 radical (unpaired) electrons. The number of hydrogen-bond donors (Lipinski definition) is 1. The van der Waals surface area contributed by atoms with Crippen molar-refractivity contribution in [2.75, 3.05) is 5.73 Å². The van der Waals surface area contributed by atoms with E-state index in [9.17, 15) is 4.79 Å². The van der Waals surface area contributed by atoms with Crippen LogP contribution in [-0.2, 0) is 11.3 Å². The third-order valence-electron chi connectivity index (χ3n) is 2.66. The van der Waals surface area contributed by atoms with Gasteiger partial charge in [0.15, 0.2) is 0 Å². The van der Waals surface area contributed by atoms with Crippen LogP contribution in [0.4, 0.5) is 5.69 Å². The summed E-state index contributed by atoms with van der Waals surface area (Å²) in [6.45, 7) is 4.03. The number of ether oxygens (including phenoxy) is 1. The lowest BCUT2D eigenvalue weighted by Crippen LogP contribution is -2.08. The minimum absolute atomic E-state index is 0.247. The lowest BCUT2D eigenvalue weighted by atomic mass is 10.0. The number of esters is 1. The van der Waals surface area contributed by atoms with E-state index in [-0.39, 0.29) is 12.6 Å². The smallest absolute Gasteiger partial charge is 0.338 e. The largest absolute Gasteiger partial charge is 0.456 e. The first kappa shape index (κ1) is 12.6. The predicted molar refractivity (Wildman–Crippen MR) is 71.6 cm³/mol. The van der Waals surface area contributed by atoms with Crippen LogP contribution in [0.25, 0.3) is 0 Å². The van der Waals surface area contributed by atoms with Crippen LogP contribution in [-0.4, -0.2) is 11.0 Å². The number of aromatic nitrogens is 1. The second-order valence-corrected chi connectivity index (χ2v) is 5.04. The molecule has 0 fully saturated rings. The highest BCUT2D eigenvalue weighted by molar-refractivity contribution is 7.09. The minimum atomic E-state index is -0.354. The molecule has 1 heterocycles. The number of anilines is 1. The van der Waals surface area contributed by atoms with Crippen LogP contribution in [0.5, 0.6) is 0 Å². The van der Waals surface area contributed by atoms with Crippen molar-refractivity contribution in [1.29, 1.82) is 0 Å².